The molecule has 0 saturated heterocycles. The highest BCUT2D eigenvalue weighted by atomic mass is 35.5. The molecule has 0 radical (unpaired) electrons. The van der Waals surface area contributed by atoms with E-state index >= 15 is 0 Å². The minimum absolute atomic E-state index is 0.115. The summed E-state index contributed by atoms with van der Waals surface area (Å²) in [6, 6.07) is 9.34. The van der Waals surface area contributed by atoms with Crippen LogP contribution in [0, 0.1) is 5.82 Å². The molecule has 154 valence electrons. The lowest BCUT2D eigenvalue weighted by Gasteiger charge is -2.07. The standard InChI is InChI=1S/C18H11ClF4N6S/c19-14-5-2-6-15(20)13(14)8-24-28-10-25-29-16(28)26-27-17(29)30-9-11-3-1-4-12(7-11)18(21,22)23/h1-8,10H,9H2/b24-8-. The molecule has 4 aromatic rings. The normalized spacial score (nSPS) is 12.3. The van der Waals surface area contributed by atoms with Crippen LogP contribution < -0.4 is 0 Å². The van der Waals surface area contributed by atoms with E-state index in [1.165, 1.54) is 57.8 Å². The van der Waals surface area contributed by atoms with Gasteiger partial charge >= 0.3 is 6.18 Å². The van der Waals surface area contributed by atoms with E-state index in [1.54, 1.807) is 6.07 Å². The van der Waals surface area contributed by atoms with Crippen molar-refractivity contribution in [2.75, 3.05) is 0 Å². The third-order valence-electron chi connectivity index (χ3n) is 4.01. The van der Waals surface area contributed by atoms with Crippen molar-refractivity contribution >= 4 is 35.4 Å². The van der Waals surface area contributed by atoms with E-state index < -0.39 is 17.6 Å². The van der Waals surface area contributed by atoms with Gasteiger partial charge in [-0.25, -0.2) is 4.39 Å². The first-order chi connectivity index (χ1) is 14.3. The zero-order valence-corrected chi connectivity index (χ0v) is 16.5. The third kappa shape index (κ3) is 4.17. The highest BCUT2D eigenvalue weighted by molar-refractivity contribution is 7.98. The van der Waals surface area contributed by atoms with Crippen LogP contribution in [-0.4, -0.2) is 30.7 Å². The molecule has 0 N–H and O–H groups in total. The number of alkyl halides is 3. The Morgan fingerprint density at radius 2 is 1.93 bits per heavy atom. The quantitative estimate of drug-likeness (QED) is 0.244. The molecule has 2 aromatic heterocycles. The minimum Gasteiger partial charge on any atom is -0.206 e. The summed E-state index contributed by atoms with van der Waals surface area (Å²) in [5.74, 6) is -0.0301. The van der Waals surface area contributed by atoms with Crippen LogP contribution >= 0.6 is 23.4 Å². The summed E-state index contributed by atoms with van der Waals surface area (Å²) in [5.41, 5.74) is -0.111. The number of fused-ring (bicyclic) bond motifs is 1. The lowest BCUT2D eigenvalue weighted by atomic mass is 10.1. The molecule has 0 aliphatic heterocycles. The average molecular weight is 455 g/mol. The van der Waals surface area contributed by atoms with Gasteiger partial charge in [0.1, 0.15) is 12.1 Å². The SMILES string of the molecule is Fc1cccc(Cl)c1/C=N\n1cnn2c(SCc3cccc(C(F)(F)F)c3)nnc12. The van der Waals surface area contributed by atoms with E-state index in [9.17, 15) is 17.6 Å². The Bertz CT molecular complexity index is 1210. The molecule has 0 aliphatic rings. The van der Waals surface area contributed by atoms with Crippen LogP contribution in [-0.2, 0) is 11.9 Å². The van der Waals surface area contributed by atoms with E-state index in [0.717, 1.165) is 12.1 Å². The van der Waals surface area contributed by atoms with Crippen molar-refractivity contribution in [1.82, 2.24) is 24.5 Å². The van der Waals surface area contributed by atoms with Crippen LogP contribution in [0.3, 0.4) is 0 Å². The molecule has 4 rings (SSSR count). The number of aromatic nitrogens is 5. The fourth-order valence-corrected chi connectivity index (χ4v) is 3.60. The van der Waals surface area contributed by atoms with Gasteiger partial charge < -0.3 is 0 Å². The van der Waals surface area contributed by atoms with E-state index in [-0.39, 0.29) is 22.1 Å². The maximum atomic E-state index is 13.9. The molecule has 30 heavy (non-hydrogen) atoms. The zero-order valence-electron chi connectivity index (χ0n) is 14.9. The second kappa shape index (κ2) is 8.07. The Hall–Kier alpha value is -2.92. The number of benzene rings is 2. The van der Waals surface area contributed by atoms with E-state index in [1.807, 2.05) is 0 Å². The topological polar surface area (TPSA) is 60.4 Å². The Balaban J connectivity index is 1.53. The molecule has 2 heterocycles. The van der Waals surface area contributed by atoms with Crippen molar-refractivity contribution in [3.8, 4) is 0 Å². The van der Waals surface area contributed by atoms with Crippen molar-refractivity contribution in [2.24, 2.45) is 5.10 Å². The Labute approximate surface area is 176 Å². The summed E-state index contributed by atoms with van der Waals surface area (Å²) >= 11 is 7.14. The number of thioether (sulfide) groups is 1. The number of nitrogens with zero attached hydrogens (tertiary/aromatic N) is 6. The van der Waals surface area contributed by atoms with E-state index in [4.69, 9.17) is 11.6 Å². The Kier molecular flexibility index (Phi) is 5.48. The lowest BCUT2D eigenvalue weighted by Crippen LogP contribution is -2.04. The van der Waals surface area contributed by atoms with Crippen LogP contribution in [0.25, 0.3) is 5.78 Å². The average Bonchev–Trinajstić information content (AvgIpc) is 3.28. The second-order valence-corrected chi connectivity index (χ2v) is 7.39. The van der Waals surface area contributed by atoms with Gasteiger partial charge in [-0.1, -0.05) is 47.6 Å². The van der Waals surface area contributed by atoms with Gasteiger partial charge in [0.15, 0.2) is 0 Å². The molecule has 0 spiro atoms. The van der Waals surface area contributed by atoms with Gasteiger partial charge in [-0.2, -0.15) is 32.6 Å². The van der Waals surface area contributed by atoms with Crippen LogP contribution in [0.5, 0.6) is 0 Å². The third-order valence-corrected chi connectivity index (χ3v) is 5.33. The van der Waals surface area contributed by atoms with Gasteiger partial charge in [0.25, 0.3) is 5.78 Å². The van der Waals surface area contributed by atoms with Gasteiger partial charge in [-0.05, 0) is 23.8 Å². The van der Waals surface area contributed by atoms with Crippen molar-refractivity contribution in [3.05, 3.63) is 76.3 Å². The predicted octanol–water partition coefficient (Wildman–Crippen LogP) is 4.91. The zero-order chi connectivity index (χ0) is 21.3. The van der Waals surface area contributed by atoms with Crippen molar-refractivity contribution in [1.29, 1.82) is 0 Å². The molecule has 0 bridgehead atoms. The van der Waals surface area contributed by atoms with Crippen LogP contribution in [0.4, 0.5) is 17.6 Å². The summed E-state index contributed by atoms with van der Waals surface area (Å²) in [6.07, 6.45) is -1.81. The molecule has 0 fully saturated rings. The molecule has 6 nitrogen and oxygen atoms in total. The van der Waals surface area contributed by atoms with E-state index in [2.05, 4.69) is 20.4 Å². The Morgan fingerprint density at radius 1 is 1.13 bits per heavy atom. The molecule has 0 unspecified atom stereocenters. The predicted molar refractivity (Wildman–Crippen MR) is 104 cm³/mol. The van der Waals surface area contributed by atoms with Gasteiger partial charge in [0.2, 0.25) is 5.16 Å². The number of rotatable bonds is 5. The molecule has 0 amide bonds. The second-order valence-electron chi connectivity index (χ2n) is 6.04. The molecular formula is C18H11ClF4N6S. The Morgan fingerprint density at radius 3 is 2.70 bits per heavy atom. The number of halogens is 5. The molecule has 0 atom stereocenters. The summed E-state index contributed by atoms with van der Waals surface area (Å²) in [7, 11) is 0. The molecule has 2 aromatic carbocycles. The fraction of sp³-hybridized carbons (Fsp3) is 0.111. The molecule has 0 saturated carbocycles. The first-order valence-electron chi connectivity index (χ1n) is 8.39. The summed E-state index contributed by atoms with van der Waals surface area (Å²) in [5, 5.41) is 16.8. The summed E-state index contributed by atoms with van der Waals surface area (Å²) in [4.78, 5) is 0. The van der Waals surface area contributed by atoms with Crippen molar-refractivity contribution in [2.45, 2.75) is 17.1 Å². The maximum absolute atomic E-state index is 13.9. The number of hydrogen-bond donors (Lipinski definition) is 0. The van der Waals surface area contributed by atoms with Gasteiger partial charge in [-0.15, -0.1) is 10.2 Å². The minimum atomic E-state index is -4.40. The van der Waals surface area contributed by atoms with Crippen molar-refractivity contribution < 1.29 is 17.6 Å². The summed E-state index contributed by atoms with van der Waals surface area (Å²) < 4.78 is 55.1. The highest BCUT2D eigenvalue weighted by Crippen LogP contribution is 2.31. The van der Waals surface area contributed by atoms with Gasteiger partial charge in [0.05, 0.1) is 16.8 Å². The van der Waals surface area contributed by atoms with Gasteiger partial charge in [0, 0.05) is 11.3 Å². The molecular weight excluding hydrogens is 444 g/mol. The molecule has 12 heteroatoms. The first-order valence-corrected chi connectivity index (χ1v) is 9.75. The van der Waals surface area contributed by atoms with Gasteiger partial charge in [-0.3, -0.25) is 0 Å². The largest absolute Gasteiger partial charge is 0.416 e. The van der Waals surface area contributed by atoms with Crippen LogP contribution in [0.2, 0.25) is 5.02 Å². The monoisotopic (exact) mass is 454 g/mol. The smallest absolute Gasteiger partial charge is 0.206 e. The highest BCUT2D eigenvalue weighted by Gasteiger charge is 2.30. The molecule has 0 aliphatic carbocycles. The number of hydrogen-bond acceptors (Lipinski definition) is 5. The van der Waals surface area contributed by atoms with E-state index in [0.29, 0.717) is 10.7 Å². The lowest BCUT2D eigenvalue weighted by molar-refractivity contribution is -0.137. The maximum Gasteiger partial charge on any atom is 0.416 e. The summed E-state index contributed by atoms with van der Waals surface area (Å²) in [6.45, 7) is 0. The van der Waals surface area contributed by atoms with Crippen molar-refractivity contribution in [3.63, 3.8) is 0 Å². The first kappa shape index (κ1) is 20.4. The van der Waals surface area contributed by atoms with Crippen LogP contribution in [0.15, 0.2) is 59.0 Å². The van der Waals surface area contributed by atoms with Crippen LogP contribution in [0.1, 0.15) is 16.7 Å². The fourth-order valence-electron chi connectivity index (χ4n) is 2.56.